The van der Waals surface area contributed by atoms with E-state index in [9.17, 15) is 18.8 Å². The Bertz CT molecular complexity index is 1340. The van der Waals surface area contributed by atoms with Crippen molar-refractivity contribution in [2.75, 3.05) is 7.05 Å². The smallest absolute Gasteiger partial charge is 0.337 e. The summed E-state index contributed by atoms with van der Waals surface area (Å²) in [7, 11) is 1.67. The van der Waals surface area contributed by atoms with E-state index < -0.39 is 23.0 Å². The van der Waals surface area contributed by atoms with Gasteiger partial charge in [-0.3, -0.25) is 14.2 Å². The first-order chi connectivity index (χ1) is 16.3. The molecule has 0 atom stereocenters. The van der Waals surface area contributed by atoms with Gasteiger partial charge in [0.05, 0.1) is 12.2 Å². The third kappa shape index (κ3) is 4.58. The fourth-order valence-electron chi connectivity index (χ4n) is 4.41. The second-order valence-corrected chi connectivity index (χ2v) is 9.00. The minimum atomic E-state index is -0.819. The second-order valence-electron chi connectivity index (χ2n) is 9.00. The summed E-state index contributed by atoms with van der Waals surface area (Å²) in [6, 6.07) is 11.3. The molecule has 1 aromatic heterocycles. The molecular formula is C26H29FN4O3. The summed E-state index contributed by atoms with van der Waals surface area (Å²) in [5.41, 5.74) is 0.690. The zero-order valence-corrected chi connectivity index (χ0v) is 19.8. The van der Waals surface area contributed by atoms with Gasteiger partial charge in [-0.05, 0) is 56.0 Å². The Morgan fingerprint density at radius 3 is 2.44 bits per heavy atom. The molecule has 0 radical (unpaired) electrons. The van der Waals surface area contributed by atoms with E-state index in [0.29, 0.717) is 5.69 Å². The molecule has 1 aliphatic rings. The number of nitrogens with zero attached hydrogens (tertiary/aromatic N) is 4. The summed E-state index contributed by atoms with van der Waals surface area (Å²) in [5, 5.41) is 4.24. The number of aryl methyl sites for hydroxylation is 2. The predicted octanol–water partition coefficient (Wildman–Crippen LogP) is 3.60. The van der Waals surface area contributed by atoms with Crippen LogP contribution in [-0.4, -0.2) is 38.2 Å². The van der Waals surface area contributed by atoms with Crippen LogP contribution in [0.3, 0.4) is 0 Å². The molecule has 0 spiro atoms. The first kappa shape index (κ1) is 23.6. The summed E-state index contributed by atoms with van der Waals surface area (Å²) in [6.45, 7) is 3.55. The molecule has 1 fully saturated rings. The van der Waals surface area contributed by atoms with Crippen LogP contribution in [0.15, 0.2) is 52.1 Å². The highest BCUT2D eigenvalue weighted by Crippen LogP contribution is 2.22. The molecule has 34 heavy (non-hydrogen) atoms. The van der Waals surface area contributed by atoms with E-state index in [2.05, 4.69) is 5.10 Å². The summed E-state index contributed by atoms with van der Waals surface area (Å²) in [5.74, 6) is -1.06. The van der Waals surface area contributed by atoms with Crippen LogP contribution >= 0.6 is 0 Å². The molecule has 4 rings (SSSR count). The summed E-state index contributed by atoms with van der Waals surface area (Å²) in [6.07, 6.45) is 4.90. The van der Waals surface area contributed by atoms with Gasteiger partial charge in [-0.15, -0.1) is 0 Å². The Kier molecular flexibility index (Phi) is 6.77. The molecule has 0 unspecified atom stereocenters. The van der Waals surface area contributed by atoms with Crippen molar-refractivity contribution in [2.45, 2.75) is 58.5 Å². The average Bonchev–Trinajstić information content (AvgIpc) is 2.84. The maximum Gasteiger partial charge on any atom is 0.352 e. The number of aromatic nitrogens is 3. The number of hydrogen-bond acceptors (Lipinski definition) is 4. The van der Waals surface area contributed by atoms with Gasteiger partial charge in [0.25, 0.3) is 11.5 Å². The van der Waals surface area contributed by atoms with Crippen molar-refractivity contribution in [3.63, 3.8) is 0 Å². The van der Waals surface area contributed by atoms with Crippen LogP contribution in [0, 0.1) is 19.7 Å². The minimum absolute atomic E-state index is 0.0180. The fraction of sp³-hybridized carbons (Fsp3) is 0.385. The zero-order valence-electron chi connectivity index (χ0n) is 19.8. The van der Waals surface area contributed by atoms with Gasteiger partial charge in [-0.1, -0.05) is 43.5 Å². The second kappa shape index (κ2) is 9.75. The number of amides is 1. The van der Waals surface area contributed by atoms with Gasteiger partial charge in [-0.25, -0.2) is 9.18 Å². The molecule has 0 saturated heterocycles. The van der Waals surface area contributed by atoms with Crippen molar-refractivity contribution in [1.82, 2.24) is 19.2 Å². The van der Waals surface area contributed by atoms with Crippen molar-refractivity contribution in [1.29, 1.82) is 0 Å². The quantitative estimate of drug-likeness (QED) is 0.578. The molecule has 1 aliphatic carbocycles. The van der Waals surface area contributed by atoms with Gasteiger partial charge in [0.1, 0.15) is 5.82 Å². The van der Waals surface area contributed by atoms with Crippen molar-refractivity contribution in [3.8, 4) is 5.69 Å². The molecule has 1 saturated carbocycles. The Hall–Kier alpha value is -3.55. The summed E-state index contributed by atoms with van der Waals surface area (Å²) in [4.78, 5) is 41.7. The van der Waals surface area contributed by atoms with E-state index in [1.54, 1.807) is 30.1 Å². The minimum Gasteiger partial charge on any atom is -0.337 e. The highest BCUT2D eigenvalue weighted by molar-refractivity contribution is 5.91. The van der Waals surface area contributed by atoms with E-state index in [0.717, 1.165) is 52.5 Å². The molecule has 8 heteroatoms. The largest absolute Gasteiger partial charge is 0.352 e. The SMILES string of the molecule is Cc1ccc(-n2nc(C(=O)N(C)C3CCCCC3)c(=O)n(Cc3ccccc3F)c2=O)cc1C. The number of halogens is 1. The molecule has 0 bridgehead atoms. The van der Waals surface area contributed by atoms with Gasteiger partial charge in [0.15, 0.2) is 0 Å². The van der Waals surface area contributed by atoms with E-state index >= 15 is 0 Å². The number of carbonyl (C=O) groups is 1. The number of benzene rings is 2. The van der Waals surface area contributed by atoms with Gasteiger partial charge >= 0.3 is 5.69 Å². The Morgan fingerprint density at radius 1 is 1.06 bits per heavy atom. The lowest BCUT2D eigenvalue weighted by atomic mass is 9.94. The van der Waals surface area contributed by atoms with Crippen LogP contribution < -0.4 is 11.2 Å². The fourth-order valence-corrected chi connectivity index (χ4v) is 4.41. The first-order valence-corrected chi connectivity index (χ1v) is 11.6. The zero-order chi connectivity index (χ0) is 24.4. The van der Waals surface area contributed by atoms with Gasteiger partial charge < -0.3 is 4.90 Å². The third-order valence-electron chi connectivity index (χ3n) is 6.73. The van der Waals surface area contributed by atoms with Crippen LogP contribution in [0.2, 0.25) is 0 Å². The lowest BCUT2D eigenvalue weighted by Gasteiger charge is -2.30. The maximum atomic E-state index is 14.4. The third-order valence-corrected chi connectivity index (χ3v) is 6.73. The van der Waals surface area contributed by atoms with Crippen LogP contribution in [0.25, 0.3) is 5.69 Å². The van der Waals surface area contributed by atoms with Crippen LogP contribution in [0.5, 0.6) is 0 Å². The van der Waals surface area contributed by atoms with E-state index in [1.807, 2.05) is 19.9 Å². The normalized spacial score (nSPS) is 14.2. The summed E-state index contributed by atoms with van der Waals surface area (Å²) < 4.78 is 16.3. The Balaban J connectivity index is 1.87. The average molecular weight is 465 g/mol. The number of hydrogen-bond donors (Lipinski definition) is 0. The monoisotopic (exact) mass is 464 g/mol. The van der Waals surface area contributed by atoms with Crippen molar-refractivity contribution < 1.29 is 9.18 Å². The molecule has 1 heterocycles. The van der Waals surface area contributed by atoms with Crippen LogP contribution in [-0.2, 0) is 6.54 Å². The molecule has 1 amide bonds. The van der Waals surface area contributed by atoms with E-state index in [4.69, 9.17) is 0 Å². The summed E-state index contributed by atoms with van der Waals surface area (Å²) >= 11 is 0. The molecule has 178 valence electrons. The van der Waals surface area contributed by atoms with Gasteiger partial charge in [-0.2, -0.15) is 9.78 Å². The van der Waals surface area contributed by atoms with Crippen molar-refractivity contribution in [3.05, 3.63) is 91.5 Å². The molecule has 3 aromatic rings. The molecule has 2 aromatic carbocycles. The highest BCUT2D eigenvalue weighted by Gasteiger charge is 2.28. The molecule has 7 nitrogen and oxygen atoms in total. The molecule has 0 aliphatic heterocycles. The van der Waals surface area contributed by atoms with Crippen LogP contribution in [0.4, 0.5) is 4.39 Å². The first-order valence-electron chi connectivity index (χ1n) is 11.6. The lowest BCUT2D eigenvalue weighted by Crippen LogP contribution is -2.48. The van der Waals surface area contributed by atoms with Crippen molar-refractivity contribution >= 4 is 5.91 Å². The standard InChI is InChI=1S/C26H29FN4O3/c1-17-13-14-21(15-18(17)2)31-26(34)30(16-19-9-7-8-12-22(19)27)25(33)23(28-31)24(32)29(3)20-10-5-4-6-11-20/h7-9,12-15,20H,4-6,10-11,16H2,1-3H3. The number of carbonyl (C=O) groups excluding carboxylic acids is 1. The number of rotatable bonds is 5. The highest BCUT2D eigenvalue weighted by atomic mass is 19.1. The Morgan fingerprint density at radius 2 is 1.76 bits per heavy atom. The van der Waals surface area contributed by atoms with E-state index in [-0.39, 0.29) is 23.8 Å². The topological polar surface area (TPSA) is 77.2 Å². The Labute approximate surface area is 197 Å². The van der Waals surface area contributed by atoms with Crippen molar-refractivity contribution in [2.24, 2.45) is 0 Å². The molecular weight excluding hydrogens is 435 g/mol. The van der Waals surface area contributed by atoms with Gasteiger partial charge in [0, 0.05) is 18.7 Å². The maximum absolute atomic E-state index is 14.4. The van der Waals surface area contributed by atoms with Gasteiger partial charge in [0.2, 0.25) is 5.69 Å². The predicted molar refractivity (Wildman–Crippen MR) is 128 cm³/mol. The lowest BCUT2D eigenvalue weighted by molar-refractivity contribution is 0.0684. The molecule has 0 N–H and O–H groups in total. The van der Waals surface area contributed by atoms with Crippen LogP contribution in [0.1, 0.15) is 59.3 Å². The van der Waals surface area contributed by atoms with E-state index in [1.165, 1.54) is 18.2 Å².